The van der Waals surface area contributed by atoms with Crippen molar-refractivity contribution in [2.75, 3.05) is 26.7 Å². The van der Waals surface area contributed by atoms with Gasteiger partial charge in [-0.25, -0.2) is 0 Å². The molecule has 1 aliphatic heterocycles. The molecule has 6 heteroatoms. The third-order valence-corrected chi connectivity index (χ3v) is 6.14. The van der Waals surface area contributed by atoms with Crippen LogP contribution in [0.1, 0.15) is 41.2 Å². The van der Waals surface area contributed by atoms with Crippen LogP contribution in [0.5, 0.6) is 5.75 Å². The van der Waals surface area contributed by atoms with Gasteiger partial charge in [-0.2, -0.15) is 0 Å². The van der Waals surface area contributed by atoms with E-state index in [1.165, 1.54) is 24.8 Å². The fourth-order valence-corrected chi connectivity index (χ4v) is 4.22. The van der Waals surface area contributed by atoms with Crippen LogP contribution in [0.3, 0.4) is 0 Å². The van der Waals surface area contributed by atoms with Gasteiger partial charge in [-0.15, -0.1) is 0 Å². The van der Waals surface area contributed by atoms with E-state index in [-0.39, 0.29) is 11.9 Å². The van der Waals surface area contributed by atoms with Crippen LogP contribution in [-0.2, 0) is 0 Å². The highest BCUT2D eigenvalue weighted by atomic mass is 127. The Morgan fingerprint density at radius 3 is 2.56 bits per heavy atom. The van der Waals surface area contributed by atoms with E-state index in [4.69, 9.17) is 16.3 Å². The van der Waals surface area contributed by atoms with Gasteiger partial charge in [-0.05, 0) is 84.4 Å². The van der Waals surface area contributed by atoms with Crippen LogP contribution in [0, 0.1) is 3.57 Å². The van der Waals surface area contributed by atoms with Crippen molar-refractivity contribution in [3.63, 3.8) is 0 Å². The van der Waals surface area contributed by atoms with Crippen LogP contribution in [0.2, 0.25) is 5.02 Å². The molecule has 27 heavy (non-hydrogen) atoms. The first kappa shape index (κ1) is 20.4. The molecule has 4 nitrogen and oxygen atoms in total. The normalized spacial score (nSPS) is 16.0. The average molecular weight is 499 g/mol. The molecular formula is C21H24ClIN2O2. The Kier molecular flexibility index (Phi) is 7.38. The molecule has 144 valence electrons. The molecule has 1 amide bonds. The number of nitrogens with zero attached hydrogens (tertiary/aromatic N) is 1. The number of carbonyl (C=O) groups is 1. The van der Waals surface area contributed by atoms with Gasteiger partial charge in [0.1, 0.15) is 5.75 Å². The van der Waals surface area contributed by atoms with Crippen LogP contribution < -0.4 is 10.1 Å². The summed E-state index contributed by atoms with van der Waals surface area (Å²) >= 11 is 8.23. The van der Waals surface area contributed by atoms with E-state index in [0.717, 1.165) is 22.4 Å². The Morgan fingerprint density at radius 2 is 1.89 bits per heavy atom. The van der Waals surface area contributed by atoms with Gasteiger partial charge in [-0.3, -0.25) is 9.69 Å². The number of carbonyl (C=O) groups excluding carboxylic acids is 1. The van der Waals surface area contributed by atoms with Crippen molar-refractivity contribution in [2.24, 2.45) is 0 Å². The molecule has 0 saturated carbocycles. The lowest BCUT2D eigenvalue weighted by Gasteiger charge is -2.35. The topological polar surface area (TPSA) is 41.6 Å². The SMILES string of the molecule is COc1ccc(C(CNC(=O)c2cc(Cl)ccc2I)N2CCCCC2)cc1. The molecule has 1 unspecified atom stereocenters. The summed E-state index contributed by atoms with van der Waals surface area (Å²) in [5.74, 6) is 0.756. The van der Waals surface area contributed by atoms with Crippen molar-refractivity contribution in [3.8, 4) is 5.75 Å². The van der Waals surface area contributed by atoms with Crippen molar-refractivity contribution in [1.82, 2.24) is 10.2 Å². The van der Waals surface area contributed by atoms with Gasteiger partial charge in [0.2, 0.25) is 0 Å². The Bertz CT molecular complexity index is 776. The van der Waals surface area contributed by atoms with Gasteiger partial charge in [0.25, 0.3) is 5.91 Å². The predicted molar refractivity (Wildman–Crippen MR) is 118 cm³/mol. The zero-order valence-corrected chi connectivity index (χ0v) is 18.3. The van der Waals surface area contributed by atoms with E-state index >= 15 is 0 Å². The van der Waals surface area contributed by atoms with Crippen LogP contribution in [0.15, 0.2) is 42.5 Å². The van der Waals surface area contributed by atoms with Crippen molar-refractivity contribution >= 4 is 40.1 Å². The summed E-state index contributed by atoms with van der Waals surface area (Å²) in [6, 6.07) is 13.7. The zero-order valence-electron chi connectivity index (χ0n) is 15.4. The van der Waals surface area contributed by atoms with E-state index in [2.05, 4.69) is 44.9 Å². The minimum Gasteiger partial charge on any atom is -0.497 e. The number of hydrogen-bond donors (Lipinski definition) is 1. The van der Waals surface area contributed by atoms with E-state index in [1.54, 1.807) is 19.2 Å². The first-order chi connectivity index (χ1) is 13.1. The minimum absolute atomic E-state index is 0.0857. The number of methoxy groups -OCH3 is 1. The Labute approximate surface area is 179 Å². The number of hydrogen-bond acceptors (Lipinski definition) is 3. The van der Waals surface area contributed by atoms with E-state index in [0.29, 0.717) is 17.1 Å². The minimum atomic E-state index is -0.0857. The fraction of sp³-hybridized carbons (Fsp3) is 0.381. The van der Waals surface area contributed by atoms with Gasteiger partial charge in [0, 0.05) is 15.1 Å². The molecule has 2 aromatic carbocycles. The second-order valence-corrected chi connectivity index (χ2v) is 8.32. The van der Waals surface area contributed by atoms with Crippen molar-refractivity contribution in [2.45, 2.75) is 25.3 Å². The van der Waals surface area contributed by atoms with E-state index < -0.39 is 0 Å². The molecule has 0 radical (unpaired) electrons. The number of nitrogens with one attached hydrogen (secondary N) is 1. The predicted octanol–water partition coefficient (Wildman–Crippen LogP) is 4.91. The van der Waals surface area contributed by atoms with Crippen LogP contribution >= 0.6 is 34.2 Å². The third-order valence-electron chi connectivity index (χ3n) is 4.96. The second-order valence-electron chi connectivity index (χ2n) is 6.72. The highest BCUT2D eigenvalue weighted by molar-refractivity contribution is 14.1. The number of rotatable bonds is 6. The maximum Gasteiger partial charge on any atom is 0.252 e. The summed E-state index contributed by atoms with van der Waals surface area (Å²) in [7, 11) is 1.67. The Morgan fingerprint density at radius 1 is 1.19 bits per heavy atom. The number of ether oxygens (including phenoxy) is 1. The molecule has 2 aromatic rings. The molecule has 3 rings (SSSR count). The first-order valence-corrected chi connectivity index (χ1v) is 10.7. The quantitative estimate of drug-likeness (QED) is 0.576. The number of amides is 1. The second kappa shape index (κ2) is 9.75. The molecule has 1 N–H and O–H groups in total. The number of piperidine rings is 1. The van der Waals surface area contributed by atoms with Gasteiger partial charge in [-0.1, -0.05) is 30.2 Å². The van der Waals surface area contributed by atoms with Gasteiger partial charge in [0.05, 0.1) is 18.7 Å². The smallest absolute Gasteiger partial charge is 0.252 e. The molecule has 1 heterocycles. The first-order valence-electron chi connectivity index (χ1n) is 9.19. The molecular weight excluding hydrogens is 475 g/mol. The van der Waals surface area contributed by atoms with Gasteiger partial charge in [0.15, 0.2) is 0 Å². The van der Waals surface area contributed by atoms with Gasteiger partial charge < -0.3 is 10.1 Å². The van der Waals surface area contributed by atoms with Crippen LogP contribution in [0.25, 0.3) is 0 Å². The van der Waals surface area contributed by atoms with Crippen LogP contribution in [-0.4, -0.2) is 37.6 Å². The molecule has 0 bridgehead atoms. The van der Waals surface area contributed by atoms with E-state index in [9.17, 15) is 4.79 Å². The standard InChI is InChI=1S/C21H24ClIN2O2/c1-27-17-8-5-15(6-9-17)20(25-11-3-2-4-12-25)14-24-21(26)18-13-16(22)7-10-19(18)23/h5-10,13,20H,2-4,11-12,14H2,1H3,(H,24,26). The fourth-order valence-electron chi connectivity index (χ4n) is 3.47. The summed E-state index contributed by atoms with van der Waals surface area (Å²) in [5, 5.41) is 3.69. The maximum absolute atomic E-state index is 12.7. The number of halogens is 2. The van der Waals surface area contributed by atoms with E-state index in [1.807, 2.05) is 18.2 Å². The molecule has 1 aliphatic rings. The Hall–Kier alpha value is -1.31. The lowest BCUT2D eigenvalue weighted by molar-refractivity contribution is 0.0923. The third kappa shape index (κ3) is 5.36. The summed E-state index contributed by atoms with van der Waals surface area (Å²) in [5.41, 5.74) is 1.81. The molecule has 0 aliphatic carbocycles. The molecule has 0 spiro atoms. The zero-order chi connectivity index (χ0) is 19.2. The molecule has 1 atom stereocenters. The summed E-state index contributed by atoms with van der Waals surface area (Å²) in [6.45, 7) is 2.68. The summed E-state index contributed by atoms with van der Waals surface area (Å²) in [6.07, 6.45) is 3.68. The number of benzene rings is 2. The average Bonchev–Trinajstić information content (AvgIpc) is 2.71. The highest BCUT2D eigenvalue weighted by Gasteiger charge is 2.23. The lowest BCUT2D eigenvalue weighted by atomic mass is 10.0. The van der Waals surface area contributed by atoms with Crippen molar-refractivity contribution in [1.29, 1.82) is 0 Å². The van der Waals surface area contributed by atoms with Crippen molar-refractivity contribution < 1.29 is 9.53 Å². The molecule has 0 aromatic heterocycles. The van der Waals surface area contributed by atoms with Crippen LogP contribution in [0.4, 0.5) is 0 Å². The number of likely N-dealkylation sites (tertiary alicyclic amines) is 1. The summed E-state index contributed by atoms with van der Waals surface area (Å²) < 4.78 is 6.17. The maximum atomic E-state index is 12.7. The Balaban J connectivity index is 1.76. The lowest BCUT2D eigenvalue weighted by Crippen LogP contribution is -2.40. The largest absolute Gasteiger partial charge is 0.497 e. The monoisotopic (exact) mass is 498 g/mol. The summed E-state index contributed by atoms with van der Waals surface area (Å²) in [4.78, 5) is 15.2. The van der Waals surface area contributed by atoms with Crippen molar-refractivity contribution in [3.05, 3.63) is 62.2 Å². The highest BCUT2D eigenvalue weighted by Crippen LogP contribution is 2.26. The van der Waals surface area contributed by atoms with Gasteiger partial charge >= 0.3 is 0 Å². The molecule has 1 fully saturated rings. The molecule has 1 saturated heterocycles.